The summed E-state index contributed by atoms with van der Waals surface area (Å²) < 4.78 is 38.8. The summed E-state index contributed by atoms with van der Waals surface area (Å²) in [6, 6.07) is 20.4. The van der Waals surface area contributed by atoms with Crippen LogP contribution in [0.25, 0.3) is 0 Å². The zero-order valence-electron chi connectivity index (χ0n) is 19.8. The molecule has 0 saturated heterocycles. The van der Waals surface area contributed by atoms with Crippen LogP contribution < -0.4 is 19.1 Å². The molecule has 3 rings (SSSR count). The van der Waals surface area contributed by atoms with Crippen LogP contribution in [0.2, 0.25) is 0 Å². The number of anilines is 1. The van der Waals surface area contributed by atoms with Crippen molar-refractivity contribution in [1.82, 2.24) is 5.32 Å². The van der Waals surface area contributed by atoms with Crippen LogP contribution in [0, 0.1) is 6.92 Å². The highest BCUT2D eigenvalue weighted by atomic mass is 32.2. The highest BCUT2D eigenvalue weighted by molar-refractivity contribution is 7.92. The van der Waals surface area contributed by atoms with Gasteiger partial charge in [-0.05, 0) is 43.2 Å². The van der Waals surface area contributed by atoms with Gasteiger partial charge < -0.3 is 14.8 Å². The van der Waals surface area contributed by atoms with Crippen LogP contribution in [-0.2, 0) is 14.8 Å². The smallest absolute Gasteiger partial charge is 0.264 e. The predicted molar refractivity (Wildman–Crippen MR) is 133 cm³/mol. The van der Waals surface area contributed by atoms with Gasteiger partial charge in [0.25, 0.3) is 10.0 Å². The summed E-state index contributed by atoms with van der Waals surface area (Å²) in [7, 11) is -1.06. The Labute approximate surface area is 201 Å². The molecule has 0 aliphatic carbocycles. The van der Waals surface area contributed by atoms with E-state index in [4.69, 9.17) is 9.47 Å². The molecule has 8 heteroatoms. The second-order valence-corrected chi connectivity index (χ2v) is 9.67. The first kappa shape index (κ1) is 25.1. The molecule has 0 radical (unpaired) electrons. The molecule has 0 fully saturated rings. The highest BCUT2D eigenvalue weighted by Crippen LogP contribution is 2.33. The molecule has 0 unspecified atom stereocenters. The molecule has 3 aromatic carbocycles. The molecule has 34 heavy (non-hydrogen) atoms. The van der Waals surface area contributed by atoms with Gasteiger partial charge in [-0.15, -0.1) is 0 Å². The molecule has 0 bridgehead atoms. The van der Waals surface area contributed by atoms with E-state index in [0.29, 0.717) is 23.6 Å². The lowest BCUT2D eigenvalue weighted by Crippen LogP contribution is -2.42. The number of sulfonamides is 1. The van der Waals surface area contributed by atoms with Gasteiger partial charge >= 0.3 is 0 Å². The van der Waals surface area contributed by atoms with Gasteiger partial charge in [0, 0.05) is 6.07 Å². The standard InChI is InChI=1S/C26H30N2O5S/c1-5-23(20-13-11-19(2)12-14-20)27-26(29)18-28(34(30,31)22-9-7-6-8-10-22)21-15-16-24(32-3)25(17-21)33-4/h6-17,23H,5,18H2,1-4H3,(H,27,29)/t23-/m1/s1. The molecule has 3 aromatic rings. The number of methoxy groups -OCH3 is 2. The highest BCUT2D eigenvalue weighted by Gasteiger charge is 2.28. The maximum Gasteiger partial charge on any atom is 0.264 e. The third-order valence-electron chi connectivity index (χ3n) is 5.50. The minimum atomic E-state index is -4.03. The quantitative estimate of drug-likeness (QED) is 0.461. The summed E-state index contributed by atoms with van der Waals surface area (Å²) in [5.74, 6) is 0.402. The van der Waals surface area contributed by atoms with Crippen molar-refractivity contribution in [2.75, 3.05) is 25.1 Å². The lowest BCUT2D eigenvalue weighted by molar-refractivity contribution is -0.120. The van der Waals surface area contributed by atoms with Gasteiger partial charge in [0.05, 0.1) is 30.8 Å². The molecule has 0 aliphatic heterocycles. The Morgan fingerprint density at radius 1 is 0.941 bits per heavy atom. The predicted octanol–water partition coefficient (Wildman–Crippen LogP) is 4.48. The SMILES string of the molecule is CC[C@@H](NC(=O)CN(c1ccc(OC)c(OC)c1)S(=O)(=O)c1ccccc1)c1ccc(C)cc1. The van der Waals surface area contributed by atoms with Gasteiger partial charge in [-0.1, -0.05) is 55.0 Å². The zero-order valence-corrected chi connectivity index (χ0v) is 20.6. The van der Waals surface area contributed by atoms with Gasteiger partial charge in [-0.25, -0.2) is 8.42 Å². The number of ether oxygens (including phenoxy) is 2. The summed E-state index contributed by atoms with van der Waals surface area (Å²) in [5.41, 5.74) is 2.38. The molecular formula is C26H30N2O5S. The Hall–Kier alpha value is -3.52. The second-order valence-electron chi connectivity index (χ2n) is 7.80. The van der Waals surface area contributed by atoms with Crippen molar-refractivity contribution >= 4 is 21.6 Å². The molecule has 0 heterocycles. The first-order chi connectivity index (χ1) is 16.3. The van der Waals surface area contributed by atoms with Crippen molar-refractivity contribution in [3.05, 3.63) is 83.9 Å². The summed E-state index contributed by atoms with van der Waals surface area (Å²) in [6.07, 6.45) is 0.663. The average Bonchev–Trinajstić information content (AvgIpc) is 2.86. The number of carbonyl (C=O) groups is 1. The summed E-state index contributed by atoms with van der Waals surface area (Å²) in [4.78, 5) is 13.2. The summed E-state index contributed by atoms with van der Waals surface area (Å²) in [5, 5.41) is 2.98. The van der Waals surface area contributed by atoms with Crippen molar-refractivity contribution in [2.24, 2.45) is 0 Å². The molecule has 7 nitrogen and oxygen atoms in total. The maximum absolute atomic E-state index is 13.6. The van der Waals surface area contributed by atoms with Gasteiger partial charge in [0.2, 0.25) is 5.91 Å². The molecule has 0 aliphatic rings. The Balaban J connectivity index is 1.95. The van der Waals surface area contributed by atoms with E-state index in [1.165, 1.54) is 26.4 Å². The number of hydrogen-bond donors (Lipinski definition) is 1. The topological polar surface area (TPSA) is 84.9 Å². The number of nitrogens with one attached hydrogen (secondary N) is 1. The number of nitrogens with zero attached hydrogens (tertiary/aromatic N) is 1. The van der Waals surface area contributed by atoms with E-state index in [-0.39, 0.29) is 10.9 Å². The Morgan fingerprint density at radius 3 is 2.18 bits per heavy atom. The lowest BCUT2D eigenvalue weighted by atomic mass is 10.0. The minimum absolute atomic E-state index is 0.0863. The van der Waals surface area contributed by atoms with Crippen molar-refractivity contribution < 1.29 is 22.7 Å². The van der Waals surface area contributed by atoms with Crippen LogP contribution in [-0.4, -0.2) is 35.1 Å². The van der Waals surface area contributed by atoms with E-state index < -0.39 is 22.5 Å². The third-order valence-corrected chi connectivity index (χ3v) is 7.28. The normalized spacial score (nSPS) is 12.0. The summed E-state index contributed by atoms with van der Waals surface area (Å²) >= 11 is 0. The van der Waals surface area contributed by atoms with Gasteiger partial charge in [-0.2, -0.15) is 0 Å². The first-order valence-electron chi connectivity index (χ1n) is 11.0. The number of benzene rings is 3. The molecule has 0 aromatic heterocycles. The average molecular weight is 483 g/mol. The van der Waals surface area contributed by atoms with Crippen LogP contribution in [0.3, 0.4) is 0 Å². The van der Waals surface area contributed by atoms with Gasteiger partial charge in [0.1, 0.15) is 6.54 Å². The van der Waals surface area contributed by atoms with E-state index in [9.17, 15) is 13.2 Å². The van der Waals surface area contributed by atoms with Crippen molar-refractivity contribution in [3.8, 4) is 11.5 Å². The van der Waals surface area contributed by atoms with Crippen LogP contribution in [0.15, 0.2) is 77.7 Å². The fourth-order valence-corrected chi connectivity index (χ4v) is 5.04. The Bertz CT molecular complexity index is 1210. The number of aryl methyl sites for hydroxylation is 1. The Morgan fingerprint density at radius 2 is 1.59 bits per heavy atom. The maximum atomic E-state index is 13.6. The van der Waals surface area contributed by atoms with E-state index in [2.05, 4.69) is 5.32 Å². The lowest BCUT2D eigenvalue weighted by Gasteiger charge is -2.26. The van der Waals surface area contributed by atoms with E-state index >= 15 is 0 Å². The minimum Gasteiger partial charge on any atom is -0.493 e. The van der Waals surface area contributed by atoms with E-state index in [1.54, 1.807) is 36.4 Å². The zero-order chi connectivity index (χ0) is 24.7. The van der Waals surface area contributed by atoms with Crippen molar-refractivity contribution in [3.63, 3.8) is 0 Å². The van der Waals surface area contributed by atoms with Crippen LogP contribution in [0.5, 0.6) is 11.5 Å². The van der Waals surface area contributed by atoms with E-state index in [0.717, 1.165) is 15.4 Å². The molecule has 0 spiro atoms. The van der Waals surface area contributed by atoms with Crippen LogP contribution in [0.4, 0.5) is 5.69 Å². The van der Waals surface area contributed by atoms with Crippen LogP contribution in [0.1, 0.15) is 30.5 Å². The largest absolute Gasteiger partial charge is 0.493 e. The number of rotatable bonds is 10. The molecular weight excluding hydrogens is 452 g/mol. The van der Waals surface area contributed by atoms with E-state index in [1.807, 2.05) is 38.1 Å². The third kappa shape index (κ3) is 5.69. The van der Waals surface area contributed by atoms with Crippen LogP contribution >= 0.6 is 0 Å². The van der Waals surface area contributed by atoms with Gasteiger partial charge in [0.15, 0.2) is 11.5 Å². The van der Waals surface area contributed by atoms with Crippen molar-refractivity contribution in [2.45, 2.75) is 31.2 Å². The van der Waals surface area contributed by atoms with Crippen molar-refractivity contribution in [1.29, 1.82) is 0 Å². The number of carbonyl (C=O) groups excluding carboxylic acids is 1. The molecule has 0 saturated carbocycles. The fraction of sp³-hybridized carbons (Fsp3) is 0.269. The molecule has 180 valence electrons. The molecule has 1 amide bonds. The summed E-state index contributed by atoms with van der Waals surface area (Å²) in [6.45, 7) is 3.57. The number of hydrogen-bond acceptors (Lipinski definition) is 5. The molecule has 1 N–H and O–H groups in total. The Kier molecular flexibility index (Phi) is 8.17. The monoisotopic (exact) mass is 482 g/mol. The number of amides is 1. The van der Waals surface area contributed by atoms with Gasteiger partial charge in [-0.3, -0.25) is 9.10 Å². The molecule has 1 atom stereocenters. The fourth-order valence-electron chi connectivity index (χ4n) is 3.61. The first-order valence-corrected chi connectivity index (χ1v) is 12.4. The second kappa shape index (κ2) is 11.1.